The second kappa shape index (κ2) is 10.2. The van der Waals surface area contributed by atoms with E-state index in [1.54, 1.807) is 24.1 Å². The predicted octanol–water partition coefficient (Wildman–Crippen LogP) is 2.69. The number of carbonyl (C=O) groups excluding carboxylic acids is 1. The van der Waals surface area contributed by atoms with Gasteiger partial charge in [-0.3, -0.25) is 4.79 Å². The summed E-state index contributed by atoms with van der Waals surface area (Å²) < 4.78 is 12.1. The van der Waals surface area contributed by atoms with Crippen LogP contribution in [0.15, 0.2) is 52.3 Å². The fourth-order valence-corrected chi connectivity index (χ4v) is 3.44. The molecule has 11 heteroatoms. The normalized spacial score (nSPS) is 11.1. The van der Waals surface area contributed by atoms with Crippen molar-refractivity contribution in [2.75, 3.05) is 38.4 Å². The van der Waals surface area contributed by atoms with E-state index in [0.717, 1.165) is 10.9 Å². The summed E-state index contributed by atoms with van der Waals surface area (Å²) in [4.78, 5) is 21.6. The summed E-state index contributed by atoms with van der Waals surface area (Å²) in [6.07, 6.45) is 3.64. The van der Waals surface area contributed by atoms with Gasteiger partial charge in [-0.25, -0.2) is 14.6 Å². The minimum atomic E-state index is -0.311. The first kappa shape index (κ1) is 21.8. The molecule has 0 bridgehead atoms. The van der Waals surface area contributed by atoms with Crippen molar-refractivity contribution in [3.8, 4) is 11.3 Å². The maximum absolute atomic E-state index is 12.5. The van der Waals surface area contributed by atoms with Crippen molar-refractivity contribution in [1.29, 1.82) is 0 Å². The Labute approximate surface area is 188 Å². The van der Waals surface area contributed by atoms with Crippen LogP contribution in [0.3, 0.4) is 0 Å². The van der Waals surface area contributed by atoms with Crippen LogP contribution in [0.2, 0.25) is 0 Å². The zero-order valence-electron chi connectivity index (χ0n) is 17.7. The highest BCUT2D eigenvalue weighted by atomic mass is 32.2. The van der Waals surface area contributed by atoms with Crippen LogP contribution >= 0.6 is 11.8 Å². The second-order valence-electron chi connectivity index (χ2n) is 6.78. The molecule has 0 aliphatic rings. The van der Waals surface area contributed by atoms with Crippen molar-refractivity contribution in [3.05, 3.63) is 48.3 Å². The van der Waals surface area contributed by atoms with Crippen LogP contribution in [0.4, 0.5) is 5.82 Å². The van der Waals surface area contributed by atoms with Crippen molar-refractivity contribution < 1.29 is 14.1 Å². The Hall–Kier alpha value is -3.44. The molecule has 4 rings (SSSR count). The van der Waals surface area contributed by atoms with Gasteiger partial charge in [0.25, 0.3) is 5.91 Å². The SMILES string of the molecule is COCCNc1nc(SC)nc2c1cnn2CCNC(=O)c1cc(-c2ccccc2)on1. The molecule has 0 atom stereocenters. The molecule has 0 saturated heterocycles. The van der Waals surface area contributed by atoms with Gasteiger partial charge in [0.15, 0.2) is 22.3 Å². The molecule has 4 aromatic rings. The van der Waals surface area contributed by atoms with Gasteiger partial charge < -0.3 is 19.9 Å². The lowest BCUT2D eigenvalue weighted by Crippen LogP contribution is -2.27. The molecular formula is C21H23N7O3S. The van der Waals surface area contributed by atoms with Gasteiger partial charge >= 0.3 is 0 Å². The quantitative estimate of drug-likeness (QED) is 0.212. The van der Waals surface area contributed by atoms with Crippen molar-refractivity contribution in [2.24, 2.45) is 0 Å². The number of aromatic nitrogens is 5. The van der Waals surface area contributed by atoms with Crippen LogP contribution in [0, 0.1) is 0 Å². The molecule has 0 aliphatic heterocycles. The monoisotopic (exact) mass is 453 g/mol. The summed E-state index contributed by atoms with van der Waals surface area (Å²) >= 11 is 1.45. The first-order chi connectivity index (χ1) is 15.7. The second-order valence-corrected chi connectivity index (χ2v) is 7.56. The number of hydrogen-bond acceptors (Lipinski definition) is 9. The van der Waals surface area contributed by atoms with Gasteiger partial charge in [-0.2, -0.15) is 5.10 Å². The number of hydrogen-bond donors (Lipinski definition) is 2. The van der Waals surface area contributed by atoms with E-state index in [9.17, 15) is 4.79 Å². The molecule has 0 spiro atoms. The number of thioether (sulfide) groups is 1. The molecule has 0 aliphatic carbocycles. The lowest BCUT2D eigenvalue weighted by Gasteiger charge is -2.09. The van der Waals surface area contributed by atoms with Gasteiger partial charge in [-0.05, 0) is 6.26 Å². The van der Waals surface area contributed by atoms with Crippen molar-refractivity contribution in [2.45, 2.75) is 11.7 Å². The van der Waals surface area contributed by atoms with E-state index < -0.39 is 0 Å². The average Bonchev–Trinajstić information content (AvgIpc) is 3.48. The molecule has 0 saturated carbocycles. The molecule has 1 aromatic carbocycles. The van der Waals surface area contributed by atoms with Crippen LogP contribution in [0.25, 0.3) is 22.4 Å². The highest BCUT2D eigenvalue weighted by molar-refractivity contribution is 7.98. The number of amides is 1. The van der Waals surface area contributed by atoms with E-state index in [4.69, 9.17) is 9.26 Å². The molecule has 3 aromatic heterocycles. The van der Waals surface area contributed by atoms with E-state index in [2.05, 4.69) is 30.9 Å². The average molecular weight is 454 g/mol. The highest BCUT2D eigenvalue weighted by Crippen LogP contribution is 2.23. The van der Waals surface area contributed by atoms with Gasteiger partial charge in [-0.1, -0.05) is 47.3 Å². The Morgan fingerprint density at radius 1 is 1.22 bits per heavy atom. The predicted molar refractivity (Wildman–Crippen MR) is 122 cm³/mol. The lowest BCUT2D eigenvalue weighted by molar-refractivity contribution is 0.0943. The van der Waals surface area contributed by atoms with Gasteiger partial charge in [0.05, 0.1) is 24.7 Å². The van der Waals surface area contributed by atoms with E-state index >= 15 is 0 Å². The number of rotatable bonds is 10. The van der Waals surface area contributed by atoms with Crippen molar-refractivity contribution >= 4 is 34.5 Å². The van der Waals surface area contributed by atoms with Crippen LogP contribution in [0.1, 0.15) is 10.5 Å². The summed E-state index contributed by atoms with van der Waals surface area (Å²) in [7, 11) is 1.65. The zero-order valence-corrected chi connectivity index (χ0v) is 18.6. The number of methoxy groups -OCH3 is 1. The first-order valence-electron chi connectivity index (χ1n) is 10.0. The molecule has 3 heterocycles. The highest BCUT2D eigenvalue weighted by Gasteiger charge is 2.15. The van der Waals surface area contributed by atoms with E-state index in [1.165, 1.54) is 11.8 Å². The molecule has 2 N–H and O–H groups in total. The minimum absolute atomic E-state index is 0.228. The Bertz CT molecular complexity index is 1190. The fourth-order valence-electron chi connectivity index (χ4n) is 3.08. The molecule has 1 amide bonds. The van der Waals surface area contributed by atoms with Crippen LogP contribution in [-0.2, 0) is 11.3 Å². The number of nitrogens with zero attached hydrogens (tertiary/aromatic N) is 5. The standard InChI is InChI=1S/C21H23N7O3S/c1-30-11-9-22-18-15-13-24-28(19(15)26-21(25-18)32-2)10-8-23-20(29)16-12-17(31-27-16)14-6-4-3-5-7-14/h3-7,12-13H,8-11H2,1-2H3,(H,23,29)(H,22,25,26). The zero-order chi connectivity index (χ0) is 22.3. The number of ether oxygens (including phenoxy) is 1. The van der Waals surface area contributed by atoms with Gasteiger partial charge in [0.1, 0.15) is 5.82 Å². The lowest BCUT2D eigenvalue weighted by atomic mass is 10.1. The Morgan fingerprint density at radius 2 is 2.06 bits per heavy atom. The molecule has 0 radical (unpaired) electrons. The van der Waals surface area contributed by atoms with Crippen molar-refractivity contribution in [3.63, 3.8) is 0 Å². The third-order valence-corrected chi connectivity index (χ3v) is 5.21. The molecule has 0 fully saturated rings. The smallest absolute Gasteiger partial charge is 0.273 e. The summed E-state index contributed by atoms with van der Waals surface area (Å²) in [5.74, 6) is 0.945. The van der Waals surface area contributed by atoms with E-state index in [1.807, 2.05) is 36.6 Å². The number of anilines is 1. The van der Waals surface area contributed by atoms with Gasteiger partial charge in [0.2, 0.25) is 0 Å². The summed E-state index contributed by atoms with van der Waals surface area (Å²) in [6, 6.07) is 11.1. The molecule has 166 valence electrons. The van der Waals surface area contributed by atoms with Gasteiger partial charge in [-0.15, -0.1) is 0 Å². The van der Waals surface area contributed by atoms with Crippen LogP contribution in [0.5, 0.6) is 0 Å². The number of fused-ring (bicyclic) bond motifs is 1. The number of nitrogens with one attached hydrogen (secondary N) is 2. The number of benzene rings is 1. The maximum Gasteiger partial charge on any atom is 0.273 e. The van der Waals surface area contributed by atoms with Crippen LogP contribution in [-0.4, -0.2) is 63.9 Å². The van der Waals surface area contributed by atoms with Gasteiger partial charge in [0, 0.05) is 31.8 Å². The Morgan fingerprint density at radius 3 is 2.84 bits per heavy atom. The minimum Gasteiger partial charge on any atom is -0.383 e. The van der Waals surface area contributed by atoms with Crippen molar-refractivity contribution in [1.82, 2.24) is 30.2 Å². The third-order valence-electron chi connectivity index (χ3n) is 4.67. The third kappa shape index (κ3) is 4.89. The fraction of sp³-hybridized carbons (Fsp3) is 0.286. The molecule has 0 unspecified atom stereocenters. The summed E-state index contributed by atoms with van der Waals surface area (Å²) in [5, 5.41) is 15.9. The summed E-state index contributed by atoms with van der Waals surface area (Å²) in [6.45, 7) is 1.99. The molecule has 10 nitrogen and oxygen atoms in total. The summed E-state index contributed by atoms with van der Waals surface area (Å²) in [5.41, 5.74) is 1.79. The Kier molecular flexibility index (Phi) is 6.97. The first-order valence-corrected chi connectivity index (χ1v) is 11.2. The topological polar surface area (TPSA) is 120 Å². The maximum atomic E-state index is 12.5. The Balaban J connectivity index is 1.41. The van der Waals surface area contributed by atoms with Crippen LogP contribution < -0.4 is 10.6 Å². The van der Waals surface area contributed by atoms with E-state index in [0.29, 0.717) is 48.6 Å². The molecular weight excluding hydrogens is 430 g/mol. The van der Waals surface area contributed by atoms with E-state index in [-0.39, 0.29) is 11.6 Å². The molecule has 32 heavy (non-hydrogen) atoms. The largest absolute Gasteiger partial charge is 0.383 e. The number of carbonyl (C=O) groups is 1.